The van der Waals surface area contributed by atoms with E-state index in [9.17, 15) is 5.11 Å². The van der Waals surface area contributed by atoms with Crippen LogP contribution < -0.4 is 4.74 Å². The maximum absolute atomic E-state index is 10.1. The molecule has 1 aromatic carbocycles. The Labute approximate surface area is 123 Å². The van der Waals surface area contributed by atoms with Crippen LogP contribution in [0.2, 0.25) is 0 Å². The molecule has 0 unspecified atom stereocenters. The van der Waals surface area contributed by atoms with Crippen LogP contribution >= 0.6 is 11.8 Å². The quantitative estimate of drug-likeness (QED) is 0.829. The second-order valence-corrected chi connectivity index (χ2v) is 5.77. The van der Waals surface area contributed by atoms with Crippen molar-refractivity contribution in [2.24, 2.45) is 0 Å². The monoisotopic (exact) mass is 293 g/mol. The number of hydrogen-bond acceptors (Lipinski definition) is 5. The van der Waals surface area contributed by atoms with Gasteiger partial charge in [-0.3, -0.25) is 4.57 Å². The molecule has 1 heterocycles. The van der Waals surface area contributed by atoms with Crippen LogP contribution in [0.5, 0.6) is 5.75 Å². The summed E-state index contributed by atoms with van der Waals surface area (Å²) in [4.78, 5) is 0. The van der Waals surface area contributed by atoms with Gasteiger partial charge in [-0.15, -0.1) is 10.2 Å². The molecule has 5 nitrogen and oxygen atoms in total. The van der Waals surface area contributed by atoms with Crippen LogP contribution in [0, 0.1) is 0 Å². The fourth-order valence-electron chi connectivity index (χ4n) is 1.58. The van der Waals surface area contributed by atoms with Gasteiger partial charge < -0.3 is 9.84 Å². The van der Waals surface area contributed by atoms with Crippen LogP contribution in [0.15, 0.2) is 35.7 Å². The van der Waals surface area contributed by atoms with Crippen molar-refractivity contribution >= 4 is 11.8 Å². The standard InChI is InChI=1S/C14H19N3O2S/c1-4-14(2,18)9-20-13-16-15-10-17(13)11-6-5-7-12(8-11)19-3/h5-8,10,18H,4,9H2,1-3H3/t14-/m0/s1. The maximum atomic E-state index is 10.1. The zero-order chi connectivity index (χ0) is 14.6. The number of methoxy groups -OCH3 is 1. The lowest BCUT2D eigenvalue weighted by Gasteiger charge is -2.20. The van der Waals surface area contributed by atoms with Gasteiger partial charge in [-0.25, -0.2) is 0 Å². The Bertz CT molecular complexity index is 569. The second-order valence-electron chi connectivity index (χ2n) is 4.82. The molecule has 1 atom stereocenters. The molecule has 0 saturated carbocycles. The van der Waals surface area contributed by atoms with E-state index in [-0.39, 0.29) is 0 Å². The summed E-state index contributed by atoms with van der Waals surface area (Å²) in [5.41, 5.74) is 0.239. The van der Waals surface area contributed by atoms with Crippen LogP contribution in [-0.2, 0) is 0 Å². The summed E-state index contributed by atoms with van der Waals surface area (Å²) in [7, 11) is 1.64. The number of rotatable bonds is 6. The third kappa shape index (κ3) is 3.52. The molecule has 1 aromatic heterocycles. The van der Waals surface area contributed by atoms with Gasteiger partial charge in [0.05, 0.1) is 18.4 Å². The van der Waals surface area contributed by atoms with Crippen molar-refractivity contribution in [1.82, 2.24) is 14.8 Å². The van der Waals surface area contributed by atoms with Gasteiger partial charge in [-0.05, 0) is 25.5 Å². The minimum absolute atomic E-state index is 0.576. The Hall–Kier alpha value is -1.53. The molecule has 0 amide bonds. The summed E-state index contributed by atoms with van der Waals surface area (Å²) in [6, 6.07) is 7.70. The molecule has 0 spiro atoms. The van der Waals surface area contributed by atoms with E-state index in [0.29, 0.717) is 12.2 Å². The van der Waals surface area contributed by atoms with E-state index in [0.717, 1.165) is 16.6 Å². The van der Waals surface area contributed by atoms with Crippen molar-refractivity contribution in [3.63, 3.8) is 0 Å². The Morgan fingerprint density at radius 1 is 1.45 bits per heavy atom. The largest absolute Gasteiger partial charge is 0.497 e. The molecule has 20 heavy (non-hydrogen) atoms. The molecule has 0 aliphatic rings. The van der Waals surface area contributed by atoms with E-state index in [1.54, 1.807) is 13.4 Å². The van der Waals surface area contributed by atoms with E-state index >= 15 is 0 Å². The highest BCUT2D eigenvalue weighted by atomic mass is 32.2. The number of aliphatic hydroxyl groups is 1. The van der Waals surface area contributed by atoms with Crippen LogP contribution in [0.3, 0.4) is 0 Å². The summed E-state index contributed by atoms with van der Waals surface area (Å²) >= 11 is 1.49. The number of ether oxygens (including phenoxy) is 1. The second kappa shape index (κ2) is 6.28. The molecule has 2 rings (SSSR count). The van der Waals surface area contributed by atoms with Crippen LogP contribution in [0.25, 0.3) is 5.69 Å². The fourth-order valence-corrected chi connectivity index (χ4v) is 2.62. The molecule has 0 aliphatic heterocycles. The molecule has 0 bridgehead atoms. The lowest BCUT2D eigenvalue weighted by Crippen LogP contribution is -2.26. The van der Waals surface area contributed by atoms with Gasteiger partial charge in [-0.2, -0.15) is 0 Å². The topological polar surface area (TPSA) is 60.2 Å². The van der Waals surface area contributed by atoms with Crippen LogP contribution in [0.4, 0.5) is 0 Å². The summed E-state index contributed by atoms with van der Waals surface area (Å²) in [6.45, 7) is 3.79. The first-order valence-electron chi connectivity index (χ1n) is 6.45. The summed E-state index contributed by atoms with van der Waals surface area (Å²) in [6.07, 6.45) is 2.37. The smallest absolute Gasteiger partial charge is 0.195 e. The molecule has 0 fully saturated rings. The van der Waals surface area contributed by atoms with Crippen LogP contribution in [0.1, 0.15) is 20.3 Å². The average Bonchev–Trinajstić information content (AvgIpc) is 2.94. The molecule has 0 saturated heterocycles. The number of benzene rings is 1. The van der Waals surface area contributed by atoms with Gasteiger partial charge >= 0.3 is 0 Å². The lowest BCUT2D eigenvalue weighted by atomic mass is 10.1. The molecule has 6 heteroatoms. The fraction of sp³-hybridized carbons (Fsp3) is 0.429. The predicted molar refractivity (Wildman–Crippen MR) is 79.5 cm³/mol. The van der Waals surface area contributed by atoms with E-state index in [2.05, 4.69) is 10.2 Å². The number of thioether (sulfide) groups is 1. The van der Waals surface area contributed by atoms with Gasteiger partial charge in [-0.1, -0.05) is 24.8 Å². The number of hydrogen-bond donors (Lipinski definition) is 1. The average molecular weight is 293 g/mol. The highest BCUT2D eigenvalue weighted by Crippen LogP contribution is 2.26. The van der Waals surface area contributed by atoms with E-state index < -0.39 is 5.60 Å². The Morgan fingerprint density at radius 3 is 2.95 bits per heavy atom. The maximum Gasteiger partial charge on any atom is 0.195 e. The van der Waals surface area contributed by atoms with Gasteiger partial charge in [0.15, 0.2) is 5.16 Å². The zero-order valence-electron chi connectivity index (χ0n) is 11.9. The molecular weight excluding hydrogens is 274 g/mol. The van der Waals surface area contributed by atoms with E-state index in [4.69, 9.17) is 4.74 Å². The van der Waals surface area contributed by atoms with E-state index in [1.807, 2.05) is 42.7 Å². The molecular formula is C14H19N3O2S. The summed E-state index contributed by atoms with van der Waals surface area (Å²) in [5.74, 6) is 1.36. The van der Waals surface area contributed by atoms with Crippen molar-refractivity contribution in [1.29, 1.82) is 0 Å². The molecule has 0 aliphatic carbocycles. The minimum Gasteiger partial charge on any atom is -0.497 e. The highest BCUT2D eigenvalue weighted by molar-refractivity contribution is 7.99. The third-order valence-corrected chi connectivity index (χ3v) is 4.42. The number of aromatic nitrogens is 3. The zero-order valence-corrected chi connectivity index (χ0v) is 12.7. The van der Waals surface area contributed by atoms with Crippen molar-refractivity contribution in [3.05, 3.63) is 30.6 Å². The van der Waals surface area contributed by atoms with Crippen LogP contribution in [-0.4, -0.2) is 38.3 Å². The lowest BCUT2D eigenvalue weighted by molar-refractivity contribution is 0.0815. The predicted octanol–water partition coefficient (Wildman–Crippen LogP) is 2.53. The summed E-state index contributed by atoms with van der Waals surface area (Å²) < 4.78 is 7.11. The molecule has 1 N–H and O–H groups in total. The van der Waals surface area contributed by atoms with Crippen molar-refractivity contribution in [2.75, 3.05) is 12.9 Å². The Morgan fingerprint density at radius 2 is 2.25 bits per heavy atom. The Kier molecular flexibility index (Phi) is 4.67. The third-order valence-electron chi connectivity index (χ3n) is 3.12. The highest BCUT2D eigenvalue weighted by Gasteiger charge is 2.19. The molecule has 2 aromatic rings. The van der Waals surface area contributed by atoms with Gasteiger partial charge in [0.1, 0.15) is 12.1 Å². The van der Waals surface area contributed by atoms with Crippen molar-refractivity contribution in [2.45, 2.75) is 31.0 Å². The number of nitrogens with zero attached hydrogens (tertiary/aromatic N) is 3. The van der Waals surface area contributed by atoms with Crippen molar-refractivity contribution in [3.8, 4) is 11.4 Å². The molecule has 108 valence electrons. The van der Waals surface area contributed by atoms with E-state index in [1.165, 1.54) is 11.8 Å². The first-order valence-corrected chi connectivity index (χ1v) is 7.44. The first-order chi connectivity index (χ1) is 9.55. The van der Waals surface area contributed by atoms with Gasteiger partial charge in [0.2, 0.25) is 0 Å². The Balaban J connectivity index is 2.19. The normalized spacial score (nSPS) is 14.0. The molecule has 0 radical (unpaired) electrons. The SMILES string of the molecule is CC[C@](C)(O)CSc1nncn1-c1cccc(OC)c1. The first kappa shape index (κ1) is 14.9. The van der Waals surface area contributed by atoms with Gasteiger partial charge in [0, 0.05) is 11.8 Å². The van der Waals surface area contributed by atoms with Crippen molar-refractivity contribution < 1.29 is 9.84 Å². The van der Waals surface area contributed by atoms with Gasteiger partial charge in [0.25, 0.3) is 0 Å². The minimum atomic E-state index is -0.699. The summed E-state index contributed by atoms with van der Waals surface area (Å²) in [5, 5.41) is 18.9.